The summed E-state index contributed by atoms with van der Waals surface area (Å²) in [6.45, 7) is 7.19. The van der Waals surface area contributed by atoms with Crippen molar-refractivity contribution in [1.29, 1.82) is 0 Å². The zero-order valence-corrected chi connectivity index (χ0v) is 11.6. The van der Waals surface area contributed by atoms with Crippen LogP contribution in [0.4, 0.5) is 10.1 Å². The molecule has 0 bridgehead atoms. The molecule has 1 aromatic rings. The Kier molecular flexibility index (Phi) is 6.33. The molecule has 0 spiro atoms. The molecule has 0 heterocycles. The lowest BCUT2D eigenvalue weighted by Gasteiger charge is -2.14. The number of hydrogen-bond donors (Lipinski definition) is 2. The number of carbonyl (C=O) groups excluding carboxylic acids is 1. The SMILES string of the molecule is C=CCC(CC=C)C(=O)Nc1ccc(CC(=O)O)c(F)c1. The fourth-order valence-corrected chi connectivity index (χ4v) is 1.89. The largest absolute Gasteiger partial charge is 0.481 e. The molecular formula is C16H18FNO3. The van der Waals surface area contributed by atoms with E-state index in [0.29, 0.717) is 18.5 Å². The molecule has 1 aromatic carbocycles. The van der Waals surface area contributed by atoms with Gasteiger partial charge in [-0.25, -0.2) is 4.39 Å². The first-order chi connectivity index (χ1) is 9.97. The van der Waals surface area contributed by atoms with E-state index in [0.717, 1.165) is 6.07 Å². The number of amides is 1. The summed E-state index contributed by atoms with van der Waals surface area (Å²) >= 11 is 0. The number of rotatable bonds is 8. The minimum Gasteiger partial charge on any atom is -0.481 e. The second kappa shape index (κ2) is 7.99. The van der Waals surface area contributed by atoms with Gasteiger partial charge in [0.1, 0.15) is 5.82 Å². The summed E-state index contributed by atoms with van der Waals surface area (Å²) < 4.78 is 13.7. The normalized spacial score (nSPS) is 10.2. The van der Waals surface area contributed by atoms with Gasteiger partial charge in [-0.2, -0.15) is 0 Å². The van der Waals surface area contributed by atoms with Crippen LogP contribution in [-0.4, -0.2) is 17.0 Å². The second-order valence-electron chi connectivity index (χ2n) is 4.61. The van der Waals surface area contributed by atoms with Crippen molar-refractivity contribution < 1.29 is 19.1 Å². The van der Waals surface area contributed by atoms with Gasteiger partial charge in [0.2, 0.25) is 5.91 Å². The van der Waals surface area contributed by atoms with E-state index < -0.39 is 18.2 Å². The second-order valence-corrected chi connectivity index (χ2v) is 4.61. The molecule has 1 amide bonds. The van der Waals surface area contributed by atoms with Crippen LogP contribution in [0.1, 0.15) is 18.4 Å². The van der Waals surface area contributed by atoms with Crippen LogP contribution in [0.15, 0.2) is 43.5 Å². The van der Waals surface area contributed by atoms with E-state index in [4.69, 9.17) is 5.11 Å². The number of allylic oxidation sites excluding steroid dienone is 2. The maximum absolute atomic E-state index is 13.7. The Labute approximate surface area is 123 Å². The van der Waals surface area contributed by atoms with Gasteiger partial charge < -0.3 is 10.4 Å². The van der Waals surface area contributed by atoms with Gasteiger partial charge in [-0.1, -0.05) is 18.2 Å². The molecule has 2 N–H and O–H groups in total. The molecule has 0 aliphatic heterocycles. The summed E-state index contributed by atoms with van der Waals surface area (Å²) in [6, 6.07) is 3.96. The summed E-state index contributed by atoms with van der Waals surface area (Å²) in [7, 11) is 0. The third-order valence-electron chi connectivity index (χ3n) is 2.94. The van der Waals surface area contributed by atoms with Crippen molar-refractivity contribution in [3.05, 3.63) is 54.9 Å². The molecule has 0 fully saturated rings. The summed E-state index contributed by atoms with van der Waals surface area (Å²) in [6.07, 6.45) is 3.89. The Morgan fingerprint density at radius 1 is 1.29 bits per heavy atom. The molecule has 1 rings (SSSR count). The monoisotopic (exact) mass is 291 g/mol. The van der Waals surface area contributed by atoms with Gasteiger partial charge in [-0.15, -0.1) is 13.2 Å². The van der Waals surface area contributed by atoms with E-state index >= 15 is 0 Å². The number of benzene rings is 1. The number of aliphatic carboxylic acids is 1. The zero-order chi connectivity index (χ0) is 15.8. The highest BCUT2D eigenvalue weighted by Gasteiger charge is 2.16. The molecule has 5 heteroatoms. The third kappa shape index (κ3) is 5.22. The molecule has 112 valence electrons. The van der Waals surface area contributed by atoms with Crippen LogP contribution in [0, 0.1) is 11.7 Å². The molecule has 0 aliphatic rings. The number of carboxylic acids is 1. The average molecular weight is 291 g/mol. The van der Waals surface area contributed by atoms with Crippen LogP contribution >= 0.6 is 0 Å². The predicted molar refractivity (Wildman–Crippen MR) is 79.5 cm³/mol. The Balaban J connectivity index is 2.80. The minimum atomic E-state index is -1.11. The van der Waals surface area contributed by atoms with Crippen molar-refractivity contribution in [2.45, 2.75) is 19.3 Å². The first kappa shape index (κ1) is 16.6. The Bertz CT molecular complexity index is 544. The lowest BCUT2D eigenvalue weighted by atomic mass is 10.0. The van der Waals surface area contributed by atoms with Crippen molar-refractivity contribution in [3.8, 4) is 0 Å². The molecule has 0 radical (unpaired) electrons. The fourth-order valence-electron chi connectivity index (χ4n) is 1.89. The van der Waals surface area contributed by atoms with Gasteiger partial charge in [-0.05, 0) is 30.5 Å². The third-order valence-corrected chi connectivity index (χ3v) is 2.94. The first-order valence-corrected chi connectivity index (χ1v) is 6.50. The standard InChI is InChI=1S/C16H18FNO3/c1-3-5-11(6-4-2)16(21)18-13-8-7-12(9-15(19)20)14(17)10-13/h3-4,7-8,10-11H,1-2,5-6,9H2,(H,18,21)(H,19,20). The maximum atomic E-state index is 13.7. The van der Waals surface area contributed by atoms with E-state index in [1.807, 2.05) is 0 Å². The van der Waals surface area contributed by atoms with E-state index in [-0.39, 0.29) is 17.4 Å². The van der Waals surface area contributed by atoms with Crippen molar-refractivity contribution in [2.24, 2.45) is 5.92 Å². The number of nitrogens with one attached hydrogen (secondary N) is 1. The molecule has 21 heavy (non-hydrogen) atoms. The Hall–Kier alpha value is -2.43. The van der Waals surface area contributed by atoms with Crippen molar-refractivity contribution in [2.75, 3.05) is 5.32 Å². The molecule has 4 nitrogen and oxygen atoms in total. The maximum Gasteiger partial charge on any atom is 0.307 e. The number of carbonyl (C=O) groups is 2. The Morgan fingerprint density at radius 2 is 1.90 bits per heavy atom. The molecule has 0 aromatic heterocycles. The van der Waals surface area contributed by atoms with E-state index in [1.165, 1.54) is 12.1 Å². The molecule has 0 unspecified atom stereocenters. The molecular weight excluding hydrogens is 273 g/mol. The van der Waals surface area contributed by atoms with Crippen LogP contribution in [-0.2, 0) is 16.0 Å². The number of halogens is 1. The molecule has 0 aliphatic carbocycles. The Morgan fingerprint density at radius 3 is 2.38 bits per heavy atom. The summed E-state index contributed by atoms with van der Waals surface area (Å²) in [4.78, 5) is 22.6. The minimum absolute atomic E-state index is 0.0780. The molecule has 0 saturated heterocycles. The quantitative estimate of drug-likeness (QED) is 0.723. The van der Waals surface area contributed by atoms with Gasteiger partial charge >= 0.3 is 5.97 Å². The lowest BCUT2D eigenvalue weighted by molar-refractivity contribution is -0.136. The topological polar surface area (TPSA) is 66.4 Å². The number of anilines is 1. The van der Waals surface area contributed by atoms with Gasteiger partial charge in [0.15, 0.2) is 0 Å². The van der Waals surface area contributed by atoms with Crippen LogP contribution in [0.5, 0.6) is 0 Å². The summed E-state index contributed by atoms with van der Waals surface area (Å²) in [5, 5.41) is 11.3. The van der Waals surface area contributed by atoms with E-state index in [1.54, 1.807) is 12.2 Å². The number of carboxylic acid groups (broad SMARTS) is 1. The highest BCUT2D eigenvalue weighted by Crippen LogP contribution is 2.18. The van der Waals surface area contributed by atoms with Gasteiger partial charge in [-0.3, -0.25) is 9.59 Å². The lowest BCUT2D eigenvalue weighted by Crippen LogP contribution is -2.22. The van der Waals surface area contributed by atoms with E-state index in [2.05, 4.69) is 18.5 Å². The van der Waals surface area contributed by atoms with Crippen molar-refractivity contribution in [3.63, 3.8) is 0 Å². The van der Waals surface area contributed by atoms with Gasteiger partial charge in [0, 0.05) is 11.6 Å². The van der Waals surface area contributed by atoms with Crippen LogP contribution < -0.4 is 5.32 Å². The van der Waals surface area contributed by atoms with Gasteiger partial charge in [0.05, 0.1) is 6.42 Å². The highest BCUT2D eigenvalue weighted by molar-refractivity contribution is 5.92. The summed E-state index contributed by atoms with van der Waals surface area (Å²) in [5.41, 5.74) is 0.374. The van der Waals surface area contributed by atoms with Crippen molar-refractivity contribution in [1.82, 2.24) is 0 Å². The average Bonchev–Trinajstić information content (AvgIpc) is 2.41. The smallest absolute Gasteiger partial charge is 0.307 e. The first-order valence-electron chi connectivity index (χ1n) is 6.50. The predicted octanol–water partition coefficient (Wildman–Crippen LogP) is 3.16. The number of hydrogen-bond acceptors (Lipinski definition) is 2. The van der Waals surface area contributed by atoms with E-state index in [9.17, 15) is 14.0 Å². The van der Waals surface area contributed by atoms with Crippen molar-refractivity contribution >= 4 is 17.6 Å². The molecule has 0 atom stereocenters. The summed E-state index contributed by atoms with van der Waals surface area (Å²) in [5.74, 6) is -2.32. The zero-order valence-electron chi connectivity index (χ0n) is 11.6. The van der Waals surface area contributed by atoms with Crippen LogP contribution in [0.25, 0.3) is 0 Å². The van der Waals surface area contributed by atoms with Crippen LogP contribution in [0.2, 0.25) is 0 Å². The van der Waals surface area contributed by atoms with Gasteiger partial charge in [0.25, 0.3) is 0 Å². The highest BCUT2D eigenvalue weighted by atomic mass is 19.1. The fraction of sp³-hybridized carbons (Fsp3) is 0.250. The molecule has 0 saturated carbocycles. The van der Waals surface area contributed by atoms with Crippen LogP contribution in [0.3, 0.4) is 0 Å².